The summed E-state index contributed by atoms with van der Waals surface area (Å²) < 4.78 is 40.3. The van der Waals surface area contributed by atoms with Crippen LogP contribution >= 0.6 is 11.8 Å². The van der Waals surface area contributed by atoms with E-state index in [2.05, 4.69) is 46.1 Å². The number of imidazole rings is 1. The smallest absolute Gasteiger partial charge is 0.326 e. The Morgan fingerprint density at radius 3 is 2.38 bits per heavy atom. The Labute approximate surface area is 200 Å². The van der Waals surface area contributed by atoms with Crippen molar-refractivity contribution < 1.29 is 13.2 Å². The fraction of sp³-hybridized carbons (Fsp3) is 0.360. The Balaban J connectivity index is 1.52. The number of nitrogens with zero attached hydrogens (tertiary/aromatic N) is 3. The van der Waals surface area contributed by atoms with Crippen LogP contribution in [0.15, 0.2) is 59.6 Å². The highest BCUT2D eigenvalue weighted by molar-refractivity contribution is 8.00. The van der Waals surface area contributed by atoms with E-state index in [1.807, 2.05) is 12.1 Å². The van der Waals surface area contributed by atoms with Crippen molar-refractivity contribution in [3.63, 3.8) is 0 Å². The van der Waals surface area contributed by atoms with Crippen LogP contribution in [0.4, 0.5) is 24.8 Å². The van der Waals surface area contributed by atoms with Crippen molar-refractivity contribution >= 4 is 34.4 Å². The molecule has 2 aromatic heterocycles. The van der Waals surface area contributed by atoms with E-state index in [0.717, 1.165) is 35.1 Å². The van der Waals surface area contributed by atoms with Gasteiger partial charge in [0.25, 0.3) is 0 Å². The lowest BCUT2D eigenvalue weighted by Gasteiger charge is -2.33. The van der Waals surface area contributed by atoms with Gasteiger partial charge in [-0.05, 0) is 85.3 Å². The number of H-pyrrole nitrogens is 1. The van der Waals surface area contributed by atoms with Crippen molar-refractivity contribution in [2.45, 2.75) is 49.6 Å². The molecule has 178 valence electrons. The summed E-state index contributed by atoms with van der Waals surface area (Å²) in [5, 5.41) is 10.4. The Bertz CT molecular complexity index is 1250. The first-order valence-electron chi connectivity index (χ1n) is 11.4. The van der Waals surface area contributed by atoms with Gasteiger partial charge >= 0.3 is 5.51 Å². The van der Waals surface area contributed by atoms with Crippen molar-refractivity contribution in [3.8, 4) is 11.3 Å². The lowest BCUT2D eigenvalue weighted by Crippen LogP contribution is -2.23. The normalized spacial score (nSPS) is 21.1. The molecule has 0 amide bonds. The maximum Gasteiger partial charge on any atom is 0.446 e. The fourth-order valence-electron chi connectivity index (χ4n) is 5.13. The molecule has 9 heteroatoms. The molecule has 2 heterocycles. The molecule has 4 aromatic rings. The van der Waals surface area contributed by atoms with Crippen LogP contribution in [-0.2, 0) is 0 Å². The zero-order chi connectivity index (χ0) is 23.9. The molecule has 1 fully saturated rings. The molecular weight excluding hydrogens is 459 g/mol. The monoisotopic (exact) mass is 485 g/mol. The molecule has 5 nitrogen and oxygen atoms in total. The quantitative estimate of drug-likeness (QED) is 0.283. The first-order chi connectivity index (χ1) is 16.2. The minimum atomic E-state index is -4.30. The predicted molar refractivity (Wildman–Crippen MR) is 130 cm³/mol. The molecule has 0 spiro atoms. The number of rotatable bonds is 5. The summed E-state index contributed by atoms with van der Waals surface area (Å²) in [6.45, 7) is 4.59. The second kappa shape index (κ2) is 9.02. The molecule has 34 heavy (non-hydrogen) atoms. The minimum absolute atomic E-state index is 0.111. The van der Waals surface area contributed by atoms with Gasteiger partial charge in [0.1, 0.15) is 0 Å². The summed E-state index contributed by atoms with van der Waals surface area (Å²) in [5.41, 5.74) is 0.229. The van der Waals surface area contributed by atoms with E-state index in [4.69, 9.17) is 4.98 Å². The van der Waals surface area contributed by atoms with Crippen LogP contribution in [0.1, 0.15) is 39.2 Å². The predicted octanol–water partition coefficient (Wildman–Crippen LogP) is 7.78. The molecule has 5 rings (SSSR count). The lowest BCUT2D eigenvalue weighted by molar-refractivity contribution is -0.0328. The van der Waals surface area contributed by atoms with Crippen LogP contribution in [0.3, 0.4) is 0 Å². The standard InChI is InChI=1S/C25H26F3N5S/c1-15-11-16(2)13-19(12-15)33-23-8-3-17(21-9-10-29-32-21)14-22(23)31-24(33)30-18-4-6-20(7-5-18)34-25(26,27)28/h3-10,14-16,19H,11-13H2,1-2H3,(H,29,32)(H,30,31). The molecular formula is C25H26F3N5S. The van der Waals surface area contributed by atoms with Crippen LogP contribution in [0.5, 0.6) is 0 Å². The molecule has 1 saturated carbocycles. The number of aromatic nitrogens is 4. The third-order valence-electron chi connectivity index (χ3n) is 6.36. The molecule has 2 aromatic carbocycles. The van der Waals surface area contributed by atoms with Gasteiger partial charge in [0.2, 0.25) is 5.95 Å². The summed E-state index contributed by atoms with van der Waals surface area (Å²) in [6.07, 6.45) is 5.06. The molecule has 0 bridgehead atoms. The van der Waals surface area contributed by atoms with Gasteiger partial charge in [-0.15, -0.1) is 0 Å². The number of nitrogens with one attached hydrogen (secondary N) is 2. The second-order valence-electron chi connectivity index (χ2n) is 9.25. The number of alkyl halides is 3. The highest BCUT2D eigenvalue weighted by Crippen LogP contribution is 2.41. The van der Waals surface area contributed by atoms with E-state index in [1.165, 1.54) is 18.6 Å². The number of hydrogen-bond acceptors (Lipinski definition) is 4. The van der Waals surface area contributed by atoms with Crippen molar-refractivity contribution in [1.82, 2.24) is 19.7 Å². The van der Waals surface area contributed by atoms with Gasteiger partial charge in [0.15, 0.2) is 0 Å². The molecule has 1 aliphatic carbocycles. The summed E-state index contributed by atoms with van der Waals surface area (Å²) in [5.74, 6) is 1.93. The SMILES string of the molecule is CC1CC(C)CC(n2c(Nc3ccc(SC(F)(F)F)cc3)nc3cc(-c4ccn[nH]4)ccc32)C1. The van der Waals surface area contributed by atoms with Gasteiger partial charge in [-0.25, -0.2) is 4.98 Å². The lowest BCUT2D eigenvalue weighted by atomic mass is 9.80. The van der Waals surface area contributed by atoms with Gasteiger partial charge in [0, 0.05) is 28.4 Å². The molecule has 0 saturated heterocycles. The second-order valence-corrected chi connectivity index (χ2v) is 10.4. The average molecular weight is 486 g/mol. The van der Waals surface area contributed by atoms with Crippen LogP contribution in [-0.4, -0.2) is 25.3 Å². The van der Waals surface area contributed by atoms with E-state index in [1.54, 1.807) is 18.3 Å². The van der Waals surface area contributed by atoms with Crippen molar-refractivity contribution in [2.75, 3.05) is 5.32 Å². The maximum atomic E-state index is 12.7. The first kappa shape index (κ1) is 22.8. The van der Waals surface area contributed by atoms with E-state index in [0.29, 0.717) is 29.5 Å². The Morgan fingerprint density at radius 2 is 1.74 bits per heavy atom. The largest absolute Gasteiger partial charge is 0.446 e. The Hall–Kier alpha value is -2.94. The molecule has 2 atom stereocenters. The van der Waals surface area contributed by atoms with Gasteiger partial charge < -0.3 is 9.88 Å². The topological polar surface area (TPSA) is 58.5 Å². The van der Waals surface area contributed by atoms with E-state index in [9.17, 15) is 13.2 Å². The summed E-state index contributed by atoms with van der Waals surface area (Å²) in [4.78, 5) is 5.08. The number of halogens is 3. The average Bonchev–Trinajstić information content (AvgIpc) is 3.40. The summed E-state index contributed by atoms with van der Waals surface area (Å²) in [7, 11) is 0. The van der Waals surface area contributed by atoms with E-state index < -0.39 is 5.51 Å². The Kier molecular flexibility index (Phi) is 6.06. The van der Waals surface area contributed by atoms with Crippen molar-refractivity contribution in [2.24, 2.45) is 11.8 Å². The summed E-state index contributed by atoms with van der Waals surface area (Å²) in [6, 6.07) is 14.7. The van der Waals surface area contributed by atoms with E-state index >= 15 is 0 Å². The molecule has 0 aliphatic heterocycles. The van der Waals surface area contributed by atoms with Gasteiger partial charge in [-0.3, -0.25) is 5.10 Å². The first-order valence-corrected chi connectivity index (χ1v) is 12.2. The number of thioether (sulfide) groups is 1. The Morgan fingerprint density at radius 1 is 1.00 bits per heavy atom. The zero-order valence-corrected chi connectivity index (χ0v) is 19.7. The third kappa shape index (κ3) is 4.94. The minimum Gasteiger partial charge on any atom is -0.326 e. The highest BCUT2D eigenvalue weighted by Gasteiger charge is 2.30. The van der Waals surface area contributed by atoms with Gasteiger partial charge in [0.05, 0.1) is 16.7 Å². The van der Waals surface area contributed by atoms with Crippen LogP contribution in [0, 0.1) is 11.8 Å². The van der Waals surface area contributed by atoms with Crippen molar-refractivity contribution in [1.29, 1.82) is 0 Å². The third-order valence-corrected chi connectivity index (χ3v) is 7.10. The number of anilines is 2. The zero-order valence-electron chi connectivity index (χ0n) is 18.9. The van der Waals surface area contributed by atoms with E-state index in [-0.39, 0.29) is 16.7 Å². The summed E-state index contributed by atoms with van der Waals surface area (Å²) >= 11 is -0.111. The maximum absolute atomic E-state index is 12.7. The van der Waals surface area contributed by atoms with Gasteiger partial charge in [-0.1, -0.05) is 19.9 Å². The van der Waals surface area contributed by atoms with Crippen LogP contribution < -0.4 is 5.32 Å². The number of fused-ring (bicyclic) bond motifs is 1. The van der Waals surface area contributed by atoms with Crippen LogP contribution in [0.2, 0.25) is 0 Å². The highest BCUT2D eigenvalue weighted by atomic mass is 32.2. The molecule has 0 radical (unpaired) electrons. The molecule has 2 N–H and O–H groups in total. The fourth-order valence-corrected chi connectivity index (χ4v) is 5.66. The number of aromatic amines is 1. The number of hydrogen-bond donors (Lipinski definition) is 2. The van der Waals surface area contributed by atoms with Gasteiger partial charge in [-0.2, -0.15) is 18.3 Å². The number of benzene rings is 2. The van der Waals surface area contributed by atoms with Crippen molar-refractivity contribution in [3.05, 3.63) is 54.7 Å². The van der Waals surface area contributed by atoms with Crippen LogP contribution in [0.25, 0.3) is 22.3 Å². The molecule has 1 aliphatic rings. The molecule has 2 unspecified atom stereocenters.